The van der Waals surface area contributed by atoms with Crippen molar-refractivity contribution in [1.29, 1.82) is 0 Å². The van der Waals surface area contributed by atoms with Crippen molar-refractivity contribution in [3.63, 3.8) is 0 Å². The lowest BCUT2D eigenvalue weighted by molar-refractivity contribution is -0.118. The first-order valence-electron chi connectivity index (χ1n) is 17.2. The summed E-state index contributed by atoms with van der Waals surface area (Å²) < 4.78 is 64.1. The second-order valence-corrected chi connectivity index (χ2v) is 15.8. The summed E-state index contributed by atoms with van der Waals surface area (Å²) in [4.78, 5) is 25.7. The van der Waals surface area contributed by atoms with Crippen LogP contribution in [0.4, 0.5) is 22.7 Å². The number of rotatable bonds is 11. The first-order valence-corrected chi connectivity index (χ1v) is 20.1. The number of carbonyl (C=O) groups is 2. The van der Waals surface area contributed by atoms with Crippen LogP contribution in [-0.2, 0) is 29.8 Å². The lowest BCUT2D eigenvalue weighted by Gasteiger charge is -2.19. The second kappa shape index (κ2) is 15.5. The molecule has 0 fully saturated rings. The van der Waals surface area contributed by atoms with E-state index in [1.54, 1.807) is 38.1 Å². The van der Waals surface area contributed by atoms with Crippen LogP contribution in [-0.4, -0.2) is 61.3 Å². The standard InChI is InChI=1S/C39H32N8O8S2/c1-24-36(38(48)46(44-24)31-16-20-33(21-17-31)56(50,51)52)42-40-29-12-8-27(9-13-29)35(26-6-4-3-5-7-26)28-10-14-30(15-11-28)41-43-37-25(2)45-47(39(37)49)32-18-22-34(23-19-32)57(53,54)55/h3-23,35-37H,1-2H3,(H,50,51,52)(H,53,54,55)/t35?,36-,37+. The third kappa shape index (κ3) is 8.33. The fourth-order valence-electron chi connectivity index (χ4n) is 6.21. The molecule has 2 aliphatic heterocycles. The Balaban J connectivity index is 1.05. The van der Waals surface area contributed by atoms with Gasteiger partial charge in [-0.2, -0.15) is 57.5 Å². The summed E-state index contributed by atoms with van der Waals surface area (Å²) in [5, 5.41) is 27.9. The Labute approximate surface area is 327 Å². The monoisotopic (exact) mass is 804 g/mol. The van der Waals surface area contributed by atoms with Crippen LogP contribution >= 0.6 is 0 Å². The van der Waals surface area contributed by atoms with Crippen LogP contribution in [0, 0.1) is 0 Å². The van der Waals surface area contributed by atoms with Gasteiger partial charge in [0.1, 0.15) is 0 Å². The van der Waals surface area contributed by atoms with Gasteiger partial charge in [0.2, 0.25) is 0 Å². The normalized spacial score (nSPS) is 18.1. The molecular weight excluding hydrogens is 773 g/mol. The summed E-state index contributed by atoms with van der Waals surface area (Å²) in [6.45, 7) is 3.29. The van der Waals surface area contributed by atoms with Gasteiger partial charge in [0.05, 0.1) is 44.0 Å². The molecule has 288 valence electrons. The lowest BCUT2D eigenvalue weighted by atomic mass is 9.85. The number of amides is 2. The maximum Gasteiger partial charge on any atom is 0.294 e. The van der Waals surface area contributed by atoms with Crippen molar-refractivity contribution in [2.24, 2.45) is 30.7 Å². The molecule has 2 N–H and O–H groups in total. The lowest BCUT2D eigenvalue weighted by Crippen LogP contribution is -2.29. The Morgan fingerprint density at radius 2 is 0.877 bits per heavy atom. The van der Waals surface area contributed by atoms with Crippen molar-refractivity contribution in [3.05, 3.63) is 144 Å². The SMILES string of the molecule is CC1=NN(c2ccc(S(=O)(=O)O)cc2)C(=O)[C@H]1N=Nc1ccc(C(c2ccccc2)c2ccc(N=N[C@H]3C(=O)N(c4ccc(S(=O)(=O)O)cc4)N=C3C)cc2)cc1. The van der Waals surface area contributed by atoms with Gasteiger partial charge < -0.3 is 0 Å². The largest absolute Gasteiger partial charge is 0.294 e. The van der Waals surface area contributed by atoms with Crippen LogP contribution in [0.15, 0.2) is 168 Å². The average molecular weight is 805 g/mol. The summed E-state index contributed by atoms with van der Waals surface area (Å²) in [6.07, 6.45) is 0. The van der Waals surface area contributed by atoms with Gasteiger partial charge in [-0.25, -0.2) is 0 Å². The summed E-state index contributed by atoms with van der Waals surface area (Å²) in [6, 6.07) is 33.0. The molecule has 5 aromatic carbocycles. The van der Waals surface area contributed by atoms with Crippen molar-refractivity contribution in [2.75, 3.05) is 10.0 Å². The highest BCUT2D eigenvalue weighted by molar-refractivity contribution is 7.86. The number of hydrazone groups is 2. The van der Waals surface area contributed by atoms with Crippen LogP contribution in [0.1, 0.15) is 36.5 Å². The number of nitrogens with zero attached hydrogens (tertiary/aromatic N) is 8. The van der Waals surface area contributed by atoms with Crippen molar-refractivity contribution in [3.8, 4) is 0 Å². The molecule has 0 saturated heterocycles. The van der Waals surface area contributed by atoms with E-state index < -0.39 is 44.1 Å². The number of hydrogen-bond donors (Lipinski definition) is 2. The number of carbonyl (C=O) groups excluding carboxylic acids is 2. The summed E-state index contributed by atoms with van der Waals surface area (Å²) in [7, 11) is -8.78. The maximum atomic E-state index is 13.2. The Morgan fingerprint density at radius 1 is 0.526 bits per heavy atom. The van der Waals surface area contributed by atoms with E-state index in [2.05, 4.69) is 30.7 Å². The molecule has 16 nitrogen and oxygen atoms in total. The fraction of sp³-hybridized carbons (Fsp3) is 0.128. The van der Waals surface area contributed by atoms with Gasteiger partial charge >= 0.3 is 0 Å². The Bertz CT molecular complexity index is 2520. The van der Waals surface area contributed by atoms with Crippen molar-refractivity contribution < 1.29 is 35.5 Å². The molecule has 7 rings (SSSR count). The molecule has 0 spiro atoms. The molecule has 0 bridgehead atoms. The van der Waals surface area contributed by atoms with Gasteiger partial charge in [0.15, 0.2) is 12.1 Å². The number of benzene rings is 5. The van der Waals surface area contributed by atoms with E-state index >= 15 is 0 Å². The highest BCUT2D eigenvalue weighted by atomic mass is 32.2. The molecule has 1 unspecified atom stereocenters. The molecule has 0 saturated carbocycles. The van der Waals surface area contributed by atoms with Crippen LogP contribution in [0.2, 0.25) is 0 Å². The van der Waals surface area contributed by atoms with Gasteiger partial charge in [0, 0.05) is 5.92 Å². The molecular formula is C39H32N8O8S2. The fourth-order valence-corrected chi connectivity index (χ4v) is 7.17. The summed E-state index contributed by atoms with van der Waals surface area (Å²) in [5.41, 5.74) is 5.37. The highest BCUT2D eigenvalue weighted by Gasteiger charge is 2.36. The average Bonchev–Trinajstić information content (AvgIpc) is 3.65. The predicted octanol–water partition coefficient (Wildman–Crippen LogP) is 7.11. The van der Waals surface area contributed by atoms with E-state index in [-0.39, 0.29) is 15.7 Å². The van der Waals surface area contributed by atoms with E-state index in [1.165, 1.54) is 48.5 Å². The molecule has 3 atom stereocenters. The minimum absolute atomic E-state index is 0.179. The minimum atomic E-state index is -4.39. The molecule has 2 amide bonds. The summed E-state index contributed by atoms with van der Waals surface area (Å²) >= 11 is 0. The molecule has 2 aliphatic rings. The van der Waals surface area contributed by atoms with Crippen LogP contribution < -0.4 is 10.0 Å². The van der Waals surface area contributed by atoms with Crippen LogP contribution in [0.25, 0.3) is 0 Å². The predicted molar refractivity (Wildman–Crippen MR) is 211 cm³/mol. The molecule has 0 aliphatic carbocycles. The van der Waals surface area contributed by atoms with Crippen molar-refractivity contribution in [2.45, 2.75) is 41.6 Å². The first-order chi connectivity index (χ1) is 27.2. The zero-order valence-corrected chi connectivity index (χ0v) is 31.7. The van der Waals surface area contributed by atoms with E-state index in [9.17, 15) is 35.5 Å². The van der Waals surface area contributed by atoms with Crippen molar-refractivity contribution >= 4 is 66.2 Å². The van der Waals surface area contributed by atoms with Gasteiger partial charge in [0.25, 0.3) is 32.1 Å². The molecule has 0 aromatic heterocycles. The van der Waals surface area contributed by atoms with Gasteiger partial charge in [-0.1, -0.05) is 54.6 Å². The maximum absolute atomic E-state index is 13.2. The first kappa shape index (κ1) is 38.7. The molecule has 2 heterocycles. The second-order valence-electron chi connectivity index (χ2n) is 13.0. The Morgan fingerprint density at radius 3 is 1.23 bits per heavy atom. The topological polar surface area (TPSA) is 224 Å². The molecule has 0 radical (unpaired) electrons. The minimum Gasteiger partial charge on any atom is -0.282 e. The number of anilines is 2. The third-order valence-corrected chi connectivity index (χ3v) is 10.8. The third-order valence-electron chi connectivity index (χ3n) is 9.11. The van der Waals surface area contributed by atoms with Crippen LogP contribution in [0.5, 0.6) is 0 Å². The van der Waals surface area contributed by atoms with Gasteiger partial charge in [-0.15, -0.1) is 0 Å². The molecule has 5 aromatic rings. The molecule has 18 heteroatoms. The van der Waals surface area contributed by atoms with E-state index in [1.807, 2.05) is 54.6 Å². The van der Waals surface area contributed by atoms with E-state index in [0.717, 1.165) is 26.7 Å². The van der Waals surface area contributed by atoms with Gasteiger partial charge in [-0.3, -0.25) is 18.7 Å². The van der Waals surface area contributed by atoms with Gasteiger partial charge in [-0.05, 0) is 103 Å². The Hall–Kier alpha value is -6.60. The summed E-state index contributed by atoms with van der Waals surface area (Å²) in [5.74, 6) is -1.11. The molecule has 57 heavy (non-hydrogen) atoms. The zero-order valence-electron chi connectivity index (χ0n) is 30.1. The van der Waals surface area contributed by atoms with Crippen LogP contribution in [0.3, 0.4) is 0 Å². The van der Waals surface area contributed by atoms with Crippen molar-refractivity contribution in [1.82, 2.24) is 0 Å². The Kier molecular flexibility index (Phi) is 10.5. The quantitative estimate of drug-likeness (QED) is 0.0793. The highest BCUT2D eigenvalue weighted by Crippen LogP contribution is 2.34. The zero-order chi connectivity index (χ0) is 40.5. The smallest absolute Gasteiger partial charge is 0.282 e. The number of hydrogen-bond acceptors (Lipinski definition) is 12. The van der Waals surface area contributed by atoms with E-state index in [4.69, 9.17) is 0 Å². The number of azo groups is 2. The van der Waals surface area contributed by atoms with E-state index in [0.29, 0.717) is 34.2 Å².